The second-order valence-corrected chi connectivity index (χ2v) is 2.01. The molecule has 0 aliphatic carbocycles. The van der Waals surface area contributed by atoms with Crippen LogP contribution in [0.2, 0.25) is 0 Å². The van der Waals surface area contributed by atoms with E-state index >= 15 is 0 Å². The lowest BCUT2D eigenvalue weighted by atomic mass is 10.4. The van der Waals surface area contributed by atoms with E-state index in [4.69, 9.17) is 5.26 Å². The van der Waals surface area contributed by atoms with Gasteiger partial charge in [0.1, 0.15) is 6.42 Å². The molecule has 0 aliphatic heterocycles. The molecule has 0 aromatic rings. The van der Waals surface area contributed by atoms with E-state index in [2.05, 4.69) is 11.8 Å². The van der Waals surface area contributed by atoms with Crippen LogP contribution in [0.25, 0.3) is 0 Å². The average Bonchev–Trinajstić information content (AvgIpc) is 2.00. The Morgan fingerprint density at radius 1 is 1.64 bits per heavy atom. The summed E-state index contributed by atoms with van der Waals surface area (Å²) in [5.74, 6) is 5.22. The predicted molar refractivity (Wildman–Crippen MR) is 41.3 cm³/mol. The number of nitriles is 1. The fourth-order valence-electron chi connectivity index (χ4n) is 0.488. The van der Waals surface area contributed by atoms with E-state index < -0.39 is 0 Å². The van der Waals surface area contributed by atoms with E-state index in [9.17, 15) is 4.79 Å². The first kappa shape index (κ1) is 9.52. The maximum absolute atomic E-state index is 10.9. The summed E-state index contributed by atoms with van der Waals surface area (Å²) in [4.78, 5) is 12.3. The molecule has 0 radical (unpaired) electrons. The monoisotopic (exact) mass is 150 g/mol. The maximum atomic E-state index is 10.9. The van der Waals surface area contributed by atoms with Crippen LogP contribution in [0.3, 0.4) is 0 Å². The van der Waals surface area contributed by atoms with E-state index in [1.807, 2.05) is 0 Å². The minimum atomic E-state index is -0.185. The molecule has 0 bridgehead atoms. The number of nitrogens with zero attached hydrogens (tertiary/aromatic N) is 2. The predicted octanol–water partition coefficient (Wildman–Crippen LogP) is 0.382. The molecule has 0 heterocycles. The van der Waals surface area contributed by atoms with Gasteiger partial charge in [-0.05, 0) is 6.92 Å². The minimum absolute atomic E-state index is 0.0676. The molecule has 0 N–H and O–H groups in total. The molecule has 0 fully saturated rings. The van der Waals surface area contributed by atoms with Crippen LogP contribution in [0.4, 0.5) is 0 Å². The summed E-state index contributed by atoms with van der Waals surface area (Å²) in [7, 11) is 1.63. The fraction of sp³-hybridized carbons (Fsp3) is 0.500. The third kappa shape index (κ3) is 4.00. The standard InChI is InChI=1S/C8H10N2O/c1-3-4-7-10(2)8(11)5-6-9/h5,7H2,1-2H3. The van der Waals surface area contributed by atoms with Crippen molar-refractivity contribution in [1.29, 1.82) is 5.26 Å². The Morgan fingerprint density at radius 3 is 2.73 bits per heavy atom. The molecule has 3 nitrogen and oxygen atoms in total. The van der Waals surface area contributed by atoms with Crippen LogP contribution in [-0.2, 0) is 4.79 Å². The Bertz CT molecular complexity index is 229. The second-order valence-electron chi connectivity index (χ2n) is 2.01. The van der Waals surface area contributed by atoms with E-state index in [1.165, 1.54) is 4.90 Å². The van der Waals surface area contributed by atoms with Crippen LogP contribution in [0, 0.1) is 23.2 Å². The van der Waals surface area contributed by atoms with Crippen molar-refractivity contribution in [3.63, 3.8) is 0 Å². The third-order valence-corrected chi connectivity index (χ3v) is 1.15. The van der Waals surface area contributed by atoms with Crippen LogP contribution in [0.1, 0.15) is 13.3 Å². The van der Waals surface area contributed by atoms with E-state index in [0.29, 0.717) is 6.54 Å². The number of carbonyl (C=O) groups excluding carboxylic acids is 1. The molecule has 3 heteroatoms. The van der Waals surface area contributed by atoms with Gasteiger partial charge in [-0.25, -0.2) is 0 Å². The fourth-order valence-corrected chi connectivity index (χ4v) is 0.488. The van der Waals surface area contributed by atoms with Gasteiger partial charge < -0.3 is 4.90 Å². The number of rotatable bonds is 2. The average molecular weight is 150 g/mol. The molecule has 0 aromatic carbocycles. The van der Waals surface area contributed by atoms with Gasteiger partial charge in [-0.3, -0.25) is 4.79 Å². The molecule has 58 valence electrons. The van der Waals surface area contributed by atoms with Crippen LogP contribution in [0.5, 0.6) is 0 Å². The van der Waals surface area contributed by atoms with Crippen LogP contribution in [-0.4, -0.2) is 24.4 Å². The lowest BCUT2D eigenvalue weighted by Crippen LogP contribution is -2.26. The lowest BCUT2D eigenvalue weighted by molar-refractivity contribution is -0.128. The molecule has 0 saturated carbocycles. The summed E-state index contributed by atoms with van der Waals surface area (Å²) < 4.78 is 0. The first-order valence-corrected chi connectivity index (χ1v) is 3.23. The zero-order valence-electron chi connectivity index (χ0n) is 6.72. The van der Waals surface area contributed by atoms with Crippen molar-refractivity contribution in [3.8, 4) is 17.9 Å². The first-order chi connectivity index (χ1) is 5.22. The van der Waals surface area contributed by atoms with Crippen LogP contribution in [0.15, 0.2) is 0 Å². The Labute approximate surface area is 66.6 Å². The Kier molecular flexibility index (Phi) is 4.60. The van der Waals surface area contributed by atoms with Crippen molar-refractivity contribution < 1.29 is 4.79 Å². The molecule has 0 aromatic heterocycles. The van der Waals surface area contributed by atoms with Crippen molar-refractivity contribution in [2.75, 3.05) is 13.6 Å². The number of hydrogen-bond acceptors (Lipinski definition) is 2. The summed E-state index contributed by atoms with van der Waals surface area (Å²) in [6, 6.07) is 1.79. The number of amides is 1. The van der Waals surface area contributed by atoms with Gasteiger partial charge >= 0.3 is 0 Å². The number of carbonyl (C=O) groups is 1. The highest BCUT2D eigenvalue weighted by molar-refractivity contribution is 5.78. The van der Waals surface area contributed by atoms with E-state index in [-0.39, 0.29) is 12.3 Å². The van der Waals surface area contributed by atoms with Gasteiger partial charge in [-0.2, -0.15) is 5.26 Å². The van der Waals surface area contributed by atoms with Gasteiger partial charge in [0.05, 0.1) is 12.6 Å². The highest BCUT2D eigenvalue weighted by atomic mass is 16.2. The maximum Gasteiger partial charge on any atom is 0.237 e. The summed E-state index contributed by atoms with van der Waals surface area (Å²) in [6.07, 6.45) is -0.0676. The van der Waals surface area contributed by atoms with Gasteiger partial charge in [0.2, 0.25) is 5.91 Å². The zero-order valence-corrected chi connectivity index (χ0v) is 6.72. The molecular formula is C8H10N2O. The summed E-state index contributed by atoms with van der Waals surface area (Å²) in [5, 5.41) is 8.18. The molecule has 0 unspecified atom stereocenters. The first-order valence-electron chi connectivity index (χ1n) is 3.23. The van der Waals surface area contributed by atoms with Crippen LogP contribution < -0.4 is 0 Å². The van der Waals surface area contributed by atoms with Crippen molar-refractivity contribution in [3.05, 3.63) is 0 Å². The Morgan fingerprint density at radius 2 is 2.27 bits per heavy atom. The quantitative estimate of drug-likeness (QED) is 0.534. The molecule has 0 aliphatic rings. The van der Waals surface area contributed by atoms with Gasteiger partial charge in [0.25, 0.3) is 0 Å². The van der Waals surface area contributed by atoms with E-state index in [0.717, 1.165) is 0 Å². The smallest absolute Gasteiger partial charge is 0.237 e. The highest BCUT2D eigenvalue weighted by Gasteiger charge is 2.04. The summed E-state index contributed by atoms with van der Waals surface area (Å²) in [5.41, 5.74) is 0. The van der Waals surface area contributed by atoms with Crippen LogP contribution >= 0.6 is 0 Å². The van der Waals surface area contributed by atoms with Crippen molar-refractivity contribution in [2.24, 2.45) is 0 Å². The Balaban J connectivity index is 3.81. The molecule has 0 rings (SSSR count). The molecule has 0 atom stereocenters. The zero-order chi connectivity index (χ0) is 8.69. The van der Waals surface area contributed by atoms with Gasteiger partial charge in [-0.15, -0.1) is 5.92 Å². The summed E-state index contributed by atoms with van der Waals surface area (Å²) in [6.45, 7) is 2.11. The van der Waals surface area contributed by atoms with Gasteiger partial charge in [-0.1, -0.05) is 5.92 Å². The lowest BCUT2D eigenvalue weighted by Gasteiger charge is -2.10. The molecule has 0 spiro atoms. The topological polar surface area (TPSA) is 44.1 Å². The van der Waals surface area contributed by atoms with Gasteiger partial charge in [0, 0.05) is 7.05 Å². The molecule has 1 amide bonds. The molecule has 0 saturated heterocycles. The van der Waals surface area contributed by atoms with Crippen molar-refractivity contribution in [2.45, 2.75) is 13.3 Å². The van der Waals surface area contributed by atoms with Gasteiger partial charge in [0.15, 0.2) is 0 Å². The Hall–Kier alpha value is -1.48. The largest absolute Gasteiger partial charge is 0.334 e. The SMILES string of the molecule is CC#CCN(C)C(=O)CC#N. The third-order valence-electron chi connectivity index (χ3n) is 1.15. The van der Waals surface area contributed by atoms with Crippen molar-refractivity contribution in [1.82, 2.24) is 4.90 Å². The summed E-state index contributed by atoms with van der Waals surface area (Å²) >= 11 is 0. The molecule has 11 heavy (non-hydrogen) atoms. The van der Waals surface area contributed by atoms with E-state index in [1.54, 1.807) is 20.0 Å². The molecular weight excluding hydrogens is 140 g/mol. The normalized spacial score (nSPS) is 7.36. The highest BCUT2D eigenvalue weighted by Crippen LogP contribution is 1.87. The second kappa shape index (κ2) is 5.32. The van der Waals surface area contributed by atoms with Crippen molar-refractivity contribution >= 4 is 5.91 Å². The number of hydrogen-bond donors (Lipinski definition) is 0. The minimum Gasteiger partial charge on any atom is -0.334 e.